The Morgan fingerprint density at radius 3 is 2.93 bits per heavy atom. The normalized spacial score (nSPS) is 10.5. The van der Waals surface area contributed by atoms with Crippen LogP contribution in [0.25, 0.3) is 6.08 Å². The molecular weight excluding hydrogens is 258 g/mol. The Labute approximate surface area is 97.0 Å². The fourth-order valence-corrected chi connectivity index (χ4v) is 1.32. The summed E-state index contributed by atoms with van der Waals surface area (Å²) < 4.78 is 4.62. The van der Waals surface area contributed by atoms with Crippen LogP contribution >= 0.6 is 15.9 Å². The number of nitrogen functional groups attached to an aromatic ring is 1. The van der Waals surface area contributed by atoms with Crippen molar-refractivity contribution in [2.75, 3.05) is 18.2 Å². The van der Waals surface area contributed by atoms with Gasteiger partial charge in [-0.3, -0.25) is 0 Å². The lowest BCUT2D eigenvalue weighted by Crippen LogP contribution is -2.02. The van der Waals surface area contributed by atoms with Gasteiger partial charge < -0.3 is 10.5 Å². The van der Waals surface area contributed by atoms with Crippen molar-refractivity contribution < 1.29 is 9.53 Å². The number of ether oxygens (including phenoxy) is 1. The van der Waals surface area contributed by atoms with E-state index in [9.17, 15) is 4.79 Å². The minimum Gasteiger partial charge on any atom is -0.465 e. The van der Waals surface area contributed by atoms with Crippen LogP contribution in [0.1, 0.15) is 15.9 Å². The molecule has 80 valence electrons. The van der Waals surface area contributed by atoms with Crippen LogP contribution in [0.3, 0.4) is 0 Å². The maximum Gasteiger partial charge on any atom is 0.337 e. The summed E-state index contributed by atoms with van der Waals surface area (Å²) in [5.41, 5.74) is 7.71. The molecule has 1 rings (SSSR count). The smallest absolute Gasteiger partial charge is 0.337 e. The molecule has 0 aliphatic carbocycles. The zero-order chi connectivity index (χ0) is 11.3. The number of allylic oxidation sites excluding steroid dienone is 1. The van der Waals surface area contributed by atoms with Crippen molar-refractivity contribution in [3.05, 3.63) is 35.4 Å². The van der Waals surface area contributed by atoms with Crippen molar-refractivity contribution in [3.8, 4) is 0 Å². The number of halogens is 1. The Bertz CT molecular complexity index is 388. The molecule has 4 heteroatoms. The highest BCUT2D eigenvalue weighted by Crippen LogP contribution is 2.16. The summed E-state index contributed by atoms with van der Waals surface area (Å²) in [6.07, 6.45) is 3.77. The molecular formula is C11H12BrNO2. The highest BCUT2D eigenvalue weighted by atomic mass is 79.9. The number of alkyl halides is 1. The van der Waals surface area contributed by atoms with Crippen LogP contribution in [0.15, 0.2) is 24.3 Å². The van der Waals surface area contributed by atoms with E-state index in [4.69, 9.17) is 5.73 Å². The van der Waals surface area contributed by atoms with Crippen molar-refractivity contribution >= 4 is 33.7 Å². The molecule has 0 unspecified atom stereocenters. The van der Waals surface area contributed by atoms with Gasteiger partial charge in [0.25, 0.3) is 0 Å². The van der Waals surface area contributed by atoms with Crippen molar-refractivity contribution in [1.29, 1.82) is 0 Å². The number of benzene rings is 1. The van der Waals surface area contributed by atoms with Gasteiger partial charge in [-0.15, -0.1) is 0 Å². The quantitative estimate of drug-likeness (QED) is 0.521. The third-order valence-electron chi connectivity index (χ3n) is 1.89. The van der Waals surface area contributed by atoms with Crippen LogP contribution in [-0.2, 0) is 4.74 Å². The van der Waals surface area contributed by atoms with Crippen LogP contribution in [0.2, 0.25) is 0 Å². The molecule has 0 spiro atoms. The molecule has 15 heavy (non-hydrogen) atoms. The second-order valence-electron chi connectivity index (χ2n) is 2.89. The second-order valence-corrected chi connectivity index (χ2v) is 3.54. The Balaban J connectivity index is 3.05. The monoisotopic (exact) mass is 269 g/mol. The second kappa shape index (κ2) is 5.56. The van der Waals surface area contributed by atoms with E-state index < -0.39 is 0 Å². The van der Waals surface area contributed by atoms with Crippen molar-refractivity contribution in [2.24, 2.45) is 0 Å². The number of methoxy groups -OCH3 is 1. The molecule has 0 bridgehead atoms. The van der Waals surface area contributed by atoms with Crippen LogP contribution in [0.4, 0.5) is 5.69 Å². The molecule has 0 heterocycles. The maximum atomic E-state index is 11.3. The molecule has 0 atom stereocenters. The molecule has 0 aromatic heterocycles. The Morgan fingerprint density at radius 1 is 1.60 bits per heavy atom. The predicted molar refractivity (Wildman–Crippen MR) is 65.0 cm³/mol. The highest BCUT2D eigenvalue weighted by Gasteiger charge is 2.06. The number of hydrogen-bond acceptors (Lipinski definition) is 3. The third kappa shape index (κ3) is 3.09. The zero-order valence-corrected chi connectivity index (χ0v) is 9.95. The van der Waals surface area contributed by atoms with Gasteiger partial charge in [0.2, 0.25) is 0 Å². The molecule has 0 fully saturated rings. The molecule has 3 nitrogen and oxygen atoms in total. The third-order valence-corrected chi connectivity index (χ3v) is 2.27. The van der Waals surface area contributed by atoms with Crippen LogP contribution < -0.4 is 5.73 Å². The largest absolute Gasteiger partial charge is 0.465 e. The van der Waals surface area contributed by atoms with E-state index in [1.165, 1.54) is 7.11 Å². The first-order chi connectivity index (χ1) is 7.19. The average molecular weight is 270 g/mol. The van der Waals surface area contributed by atoms with Crippen molar-refractivity contribution in [1.82, 2.24) is 0 Å². The van der Waals surface area contributed by atoms with Crippen LogP contribution in [-0.4, -0.2) is 18.4 Å². The average Bonchev–Trinajstić information content (AvgIpc) is 2.27. The summed E-state index contributed by atoms with van der Waals surface area (Å²) in [6, 6.07) is 5.05. The minimum absolute atomic E-state index is 0.358. The SMILES string of the molecule is COC(=O)c1ccc(N)c(C=CCBr)c1. The molecule has 0 saturated heterocycles. The number of carbonyl (C=O) groups is 1. The topological polar surface area (TPSA) is 52.3 Å². The lowest BCUT2D eigenvalue weighted by atomic mass is 10.1. The van der Waals surface area contributed by atoms with E-state index in [-0.39, 0.29) is 5.97 Å². The summed E-state index contributed by atoms with van der Waals surface area (Å²) in [6.45, 7) is 0. The van der Waals surface area contributed by atoms with Gasteiger partial charge in [0, 0.05) is 11.0 Å². The molecule has 0 radical (unpaired) electrons. The number of hydrogen-bond donors (Lipinski definition) is 1. The van der Waals surface area contributed by atoms with Gasteiger partial charge in [0.1, 0.15) is 0 Å². The predicted octanol–water partition coefficient (Wildman–Crippen LogP) is 2.46. The fraction of sp³-hybridized carbons (Fsp3) is 0.182. The fourth-order valence-electron chi connectivity index (χ4n) is 1.14. The first-order valence-corrected chi connectivity index (χ1v) is 5.51. The number of carbonyl (C=O) groups excluding carboxylic acids is 1. The molecule has 1 aromatic carbocycles. The number of rotatable bonds is 3. The van der Waals surface area contributed by atoms with Crippen LogP contribution in [0, 0.1) is 0 Å². The summed E-state index contributed by atoms with van der Waals surface area (Å²) >= 11 is 3.27. The highest BCUT2D eigenvalue weighted by molar-refractivity contribution is 9.09. The molecule has 2 N–H and O–H groups in total. The first-order valence-electron chi connectivity index (χ1n) is 4.39. The Kier molecular flexibility index (Phi) is 4.37. The molecule has 0 saturated carbocycles. The lowest BCUT2D eigenvalue weighted by molar-refractivity contribution is 0.0601. The lowest BCUT2D eigenvalue weighted by Gasteiger charge is -2.03. The van der Waals surface area contributed by atoms with E-state index in [1.54, 1.807) is 18.2 Å². The van der Waals surface area contributed by atoms with Gasteiger partial charge >= 0.3 is 5.97 Å². The van der Waals surface area contributed by atoms with Gasteiger partial charge in [-0.2, -0.15) is 0 Å². The molecule has 1 aromatic rings. The van der Waals surface area contributed by atoms with Crippen LogP contribution in [0.5, 0.6) is 0 Å². The van der Waals surface area contributed by atoms with E-state index in [1.807, 2.05) is 12.2 Å². The Hall–Kier alpha value is -1.29. The summed E-state index contributed by atoms with van der Waals surface area (Å²) in [5.74, 6) is -0.358. The summed E-state index contributed by atoms with van der Waals surface area (Å²) in [7, 11) is 1.35. The minimum atomic E-state index is -0.358. The Morgan fingerprint density at radius 2 is 2.33 bits per heavy atom. The van der Waals surface area contributed by atoms with Gasteiger partial charge in [-0.25, -0.2) is 4.79 Å². The van der Waals surface area contributed by atoms with Gasteiger partial charge in [0.05, 0.1) is 12.7 Å². The van der Waals surface area contributed by atoms with E-state index >= 15 is 0 Å². The van der Waals surface area contributed by atoms with Gasteiger partial charge in [0.15, 0.2) is 0 Å². The number of nitrogens with two attached hydrogens (primary N) is 1. The van der Waals surface area contributed by atoms with Crippen molar-refractivity contribution in [3.63, 3.8) is 0 Å². The molecule has 0 aliphatic rings. The van der Waals surface area contributed by atoms with Gasteiger partial charge in [-0.05, 0) is 23.8 Å². The first kappa shape index (κ1) is 11.8. The number of anilines is 1. The summed E-state index contributed by atoms with van der Waals surface area (Å²) in [5, 5.41) is 0.745. The van der Waals surface area contributed by atoms with E-state index in [0.717, 1.165) is 10.9 Å². The van der Waals surface area contributed by atoms with E-state index in [2.05, 4.69) is 20.7 Å². The summed E-state index contributed by atoms with van der Waals surface area (Å²) in [4.78, 5) is 11.3. The molecule has 0 aliphatic heterocycles. The number of esters is 1. The van der Waals surface area contributed by atoms with Crippen molar-refractivity contribution in [2.45, 2.75) is 0 Å². The zero-order valence-electron chi connectivity index (χ0n) is 8.37. The maximum absolute atomic E-state index is 11.3. The molecule has 0 amide bonds. The van der Waals surface area contributed by atoms with Gasteiger partial charge in [-0.1, -0.05) is 28.1 Å². The standard InChI is InChI=1S/C11H12BrNO2/c1-15-11(14)9-4-5-10(13)8(7-9)3-2-6-12/h2-5,7H,6,13H2,1H3. The van der Waals surface area contributed by atoms with E-state index in [0.29, 0.717) is 11.3 Å².